The largest absolute Gasteiger partial charge is 0.341 e. The molecule has 0 aliphatic carbocycles. The fourth-order valence-electron chi connectivity index (χ4n) is 4.64. The van der Waals surface area contributed by atoms with Gasteiger partial charge in [0.05, 0.1) is 5.52 Å². The maximum Gasteiger partial charge on any atom is 0.256 e. The third kappa shape index (κ3) is 3.11. The van der Waals surface area contributed by atoms with Crippen LogP contribution in [0.1, 0.15) is 36.5 Å². The molecule has 0 spiro atoms. The number of aryl methyl sites for hydroxylation is 1. The third-order valence-corrected chi connectivity index (χ3v) is 6.17. The van der Waals surface area contributed by atoms with Crippen LogP contribution in [0.4, 0.5) is 5.69 Å². The summed E-state index contributed by atoms with van der Waals surface area (Å²) in [7, 11) is 0. The van der Waals surface area contributed by atoms with Crippen molar-refractivity contribution < 1.29 is 9.59 Å². The first-order valence-electron chi connectivity index (χ1n) is 10.7. The average Bonchev–Trinajstić information content (AvgIpc) is 3.48. The van der Waals surface area contributed by atoms with Crippen LogP contribution in [0, 0.1) is 0 Å². The van der Waals surface area contributed by atoms with Gasteiger partial charge in [0.25, 0.3) is 5.91 Å². The Morgan fingerprint density at radius 3 is 2.70 bits per heavy atom. The topological polar surface area (TPSA) is 54.3 Å². The van der Waals surface area contributed by atoms with Gasteiger partial charge in [-0.05, 0) is 37.0 Å². The number of benzene rings is 2. The summed E-state index contributed by atoms with van der Waals surface area (Å²) in [5, 5.41) is 4.02. The fraction of sp³-hybridized carbons (Fsp3) is 0.280. The van der Waals surface area contributed by atoms with Crippen molar-refractivity contribution in [2.24, 2.45) is 0 Å². The smallest absolute Gasteiger partial charge is 0.256 e. The summed E-state index contributed by atoms with van der Waals surface area (Å²) in [4.78, 5) is 27.4. The van der Waals surface area contributed by atoms with Gasteiger partial charge in [-0.15, -0.1) is 0 Å². The van der Waals surface area contributed by atoms with Crippen LogP contribution >= 0.6 is 0 Å². The van der Waals surface area contributed by atoms with Crippen LogP contribution in [0.25, 0.3) is 22.6 Å². The van der Waals surface area contributed by atoms with Gasteiger partial charge in [0.1, 0.15) is 6.54 Å². The molecule has 5 heteroatoms. The zero-order chi connectivity index (χ0) is 20.7. The molecule has 2 amide bonds. The lowest BCUT2D eigenvalue weighted by Crippen LogP contribution is -2.30. The summed E-state index contributed by atoms with van der Waals surface area (Å²) in [6, 6.07) is 14.0. The van der Waals surface area contributed by atoms with Crippen molar-refractivity contribution in [2.75, 3.05) is 18.4 Å². The highest BCUT2D eigenvalue weighted by atomic mass is 16.2. The predicted molar refractivity (Wildman–Crippen MR) is 120 cm³/mol. The monoisotopic (exact) mass is 399 g/mol. The predicted octanol–water partition coefficient (Wildman–Crippen LogP) is 4.32. The Morgan fingerprint density at radius 1 is 1.10 bits per heavy atom. The lowest BCUT2D eigenvalue weighted by molar-refractivity contribution is -0.130. The molecule has 5 nitrogen and oxygen atoms in total. The lowest BCUT2D eigenvalue weighted by Gasteiger charge is -2.16. The molecule has 0 unspecified atom stereocenters. The van der Waals surface area contributed by atoms with Crippen LogP contribution in [0.5, 0.6) is 0 Å². The molecule has 1 saturated heterocycles. The van der Waals surface area contributed by atoms with E-state index in [-0.39, 0.29) is 11.8 Å². The molecule has 30 heavy (non-hydrogen) atoms. The van der Waals surface area contributed by atoms with Gasteiger partial charge in [0.2, 0.25) is 5.91 Å². The second-order valence-electron chi connectivity index (χ2n) is 8.02. The number of fused-ring (bicyclic) bond motifs is 2. The first kappa shape index (κ1) is 18.7. The van der Waals surface area contributed by atoms with Crippen LogP contribution in [0.2, 0.25) is 0 Å². The minimum atomic E-state index is -0.0862. The Labute approximate surface area is 176 Å². The number of hydrogen-bond donors (Lipinski definition) is 1. The summed E-state index contributed by atoms with van der Waals surface area (Å²) in [5.74, 6) is 0.0790. The Hall–Kier alpha value is -3.34. The molecule has 3 aromatic rings. The molecule has 5 rings (SSSR count). The number of rotatable bonds is 4. The summed E-state index contributed by atoms with van der Waals surface area (Å²) in [5.41, 5.74) is 5.70. The SMILES string of the molecule is CCc1cccc2c(/C=C3/C(=O)Nc4ccccc43)cn(CC(=O)N3CCCC3)c12. The number of anilines is 1. The Morgan fingerprint density at radius 2 is 1.90 bits per heavy atom. The Balaban J connectivity index is 1.61. The lowest BCUT2D eigenvalue weighted by atomic mass is 10.0. The minimum Gasteiger partial charge on any atom is -0.341 e. The first-order valence-corrected chi connectivity index (χ1v) is 10.7. The number of para-hydroxylation sites is 2. The number of aromatic nitrogens is 1. The van der Waals surface area contributed by atoms with E-state index in [1.165, 1.54) is 5.56 Å². The molecule has 0 bridgehead atoms. The van der Waals surface area contributed by atoms with E-state index in [4.69, 9.17) is 0 Å². The third-order valence-electron chi connectivity index (χ3n) is 6.17. The normalized spacial score (nSPS) is 17.0. The highest BCUT2D eigenvalue weighted by Gasteiger charge is 2.25. The Kier molecular flexibility index (Phi) is 4.66. The van der Waals surface area contributed by atoms with Crippen LogP contribution in [0.15, 0.2) is 48.7 Å². The number of hydrogen-bond acceptors (Lipinski definition) is 2. The van der Waals surface area contributed by atoms with E-state index in [1.807, 2.05) is 41.4 Å². The number of carbonyl (C=O) groups is 2. The van der Waals surface area contributed by atoms with Gasteiger partial charge < -0.3 is 14.8 Å². The van der Waals surface area contributed by atoms with Crippen molar-refractivity contribution in [3.05, 3.63) is 65.4 Å². The van der Waals surface area contributed by atoms with Crippen molar-refractivity contribution in [1.29, 1.82) is 0 Å². The number of nitrogens with zero attached hydrogens (tertiary/aromatic N) is 2. The molecule has 1 fully saturated rings. The van der Waals surface area contributed by atoms with E-state index >= 15 is 0 Å². The maximum absolute atomic E-state index is 12.9. The Bertz CT molecular complexity index is 1180. The molecule has 0 atom stereocenters. The molecule has 0 saturated carbocycles. The van der Waals surface area contributed by atoms with Gasteiger partial charge in [0.15, 0.2) is 0 Å². The van der Waals surface area contributed by atoms with Crippen molar-refractivity contribution in [3.63, 3.8) is 0 Å². The summed E-state index contributed by atoms with van der Waals surface area (Å²) in [6.07, 6.45) is 7.05. The molecule has 2 aliphatic rings. The average molecular weight is 399 g/mol. The molecule has 1 N–H and O–H groups in total. The van der Waals surface area contributed by atoms with Gasteiger partial charge in [-0.25, -0.2) is 0 Å². The molecule has 152 valence electrons. The molecule has 3 heterocycles. The highest BCUT2D eigenvalue weighted by Crippen LogP contribution is 2.35. The molecule has 2 aromatic carbocycles. The van der Waals surface area contributed by atoms with E-state index in [2.05, 4.69) is 35.0 Å². The van der Waals surface area contributed by atoms with E-state index in [0.717, 1.165) is 60.1 Å². The minimum absolute atomic E-state index is 0.0862. The summed E-state index contributed by atoms with van der Waals surface area (Å²) < 4.78 is 2.07. The quantitative estimate of drug-likeness (QED) is 0.665. The second kappa shape index (κ2) is 7.48. The van der Waals surface area contributed by atoms with Gasteiger partial charge >= 0.3 is 0 Å². The van der Waals surface area contributed by atoms with Gasteiger partial charge in [-0.3, -0.25) is 9.59 Å². The zero-order valence-corrected chi connectivity index (χ0v) is 17.1. The molecule has 1 aromatic heterocycles. The van der Waals surface area contributed by atoms with E-state index in [9.17, 15) is 9.59 Å². The summed E-state index contributed by atoms with van der Waals surface area (Å²) in [6.45, 7) is 4.17. The van der Waals surface area contributed by atoms with Crippen LogP contribution in [-0.4, -0.2) is 34.4 Å². The van der Waals surface area contributed by atoms with Crippen molar-refractivity contribution in [2.45, 2.75) is 32.7 Å². The van der Waals surface area contributed by atoms with Crippen molar-refractivity contribution in [3.8, 4) is 0 Å². The number of carbonyl (C=O) groups excluding carboxylic acids is 2. The van der Waals surface area contributed by atoms with Crippen molar-refractivity contribution >= 4 is 40.1 Å². The van der Waals surface area contributed by atoms with Crippen LogP contribution < -0.4 is 5.32 Å². The van der Waals surface area contributed by atoms with Gasteiger partial charge in [-0.1, -0.05) is 43.3 Å². The van der Waals surface area contributed by atoms with Crippen molar-refractivity contribution in [1.82, 2.24) is 9.47 Å². The fourth-order valence-corrected chi connectivity index (χ4v) is 4.64. The van der Waals surface area contributed by atoms with E-state index < -0.39 is 0 Å². The van der Waals surface area contributed by atoms with Gasteiger partial charge in [-0.2, -0.15) is 0 Å². The van der Waals surface area contributed by atoms with Gasteiger partial charge in [0, 0.05) is 47.1 Å². The summed E-state index contributed by atoms with van der Waals surface area (Å²) >= 11 is 0. The zero-order valence-electron chi connectivity index (χ0n) is 17.1. The number of likely N-dealkylation sites (tertiary alicyclic amines) is 1. The second-order valence-corrected chi connectivity index (χ2v) is 8.02. The maximum atomic E-state index is 12.9. The number of nitrogens with one attached hydrogen (secondary N) is 1. The molecule has 2 aliphatic heterocycles. The van der Waals surface area contributed by atoms with E-state index in [1.54, 1.807) is 0 Å². The molecule has 0 radical (unpaired) electrons. The van der Waals surface area contributed by atoms with Crippen LogP contribution in [0.3, 0.4) is 0 Å². The highest BCUT2D eigenvalue weighted by molar-refractivity contribution is 6.35. The van der Waals surface area contributed by atoms with Crippen LogP contribution in [-0.2, 0) is 22.6 Å². The first-order chi connectivity index (χ1) is 14.7. The molecular weight excluding hydrogens is 374 g/mol. The standard InChI is InChI=1S/C25H25N3O2/c1-2-17-8-7-10-19-18(14-21-20-9-3-4-11-22(20)26-25(21)30)15-28(24(17)19)16-23(29)27-12-5-6-13-27/h3-4,7-11,14-15H,2,5-6,12-13,16H2,1H3,(H,26,30)/b21-14+. The number of amides is 2. The van der Waals surface area contributed by atoms with E-state index in [0.29, 0.717) is 12.1 Å². The molecular formula is C25H25N3O2.